The molecule has 224 valence electrons. The summed E-state index contributed by atoms with van der Waals surface area (Å²) in [6, 6.07) is 20.8. The van der Waals surface area contributed by atoms with Crippen LogP contribution < -0.4 is 26.6 Å². The first-order chi connectivity index (χ1) is 20.6. The van der Waals surface area contributed by atoms with Gasteiger partial charge in [0.1, 0.15) is 11.0 Å². The Labute approximate surface area is 255 Å². The molecule has 0 bridgehead atoms. The van der Waals surface area contributed by atoms with Crippen LogP contribution in [0.2, 0.25) is 12.0 Å². The summed E-state index contributed by atoms with van der Waals surface area (Å²) in [5, 5.41) is 23.4. The van der Waals surface area contributed by atoms with Gasteiger partial charge in [-0.2, -0.15) is 4.98 Å². The number of hydrogen-bond acceptors (Lipinski definition) is 9. The van der Waals surface area contributed by atoms with E-state index in [1.807, 2.05) is 50.4 Å². The number of halogens is 1. The molecule has 0 aliphatic rings. The number of amides is 4. The molecule has 0 aliphatic carbocycles. The molecule has 0 unspecified atom stereocenters. The fourth-order valence-corrected chi connectivity index (χ4v) is 3.66. The molecule has 0 saturated heterocycles. The highest BCUT2D eigenvalue weighted by Gasteiger charge is 2.11. The van der Waals surface area contributed by atoms with Crippen LogP contribution in [-0.4, -0.2) is 69.0 Å². The van der Waals surface area contributed by atoms with Gasteiger partial charge in [0.2, 0.25) is 11.9 Å². The number of nitrogens with zero attached hydrogens (tertiary/aromatic N) is 5. The fraction of sp³-hybridized carbons (Fsp3) is 0.214. The molecule has 2 heterocycles. The molecule has 4 aromatic rings. The van der Waals surface area contributed by atoms with E-state index in [1.165, 1.54) is 0 Å². The molecule has 13 nitrogen and oxygen atoms in total. The standard InChI is InChI=1S/C16H23BN6O2.C12H11ClN4O/c1-12-11-14(18-9-10-23(3)17(2)25)21-15(19-12)22-16(24)20-13-7-5-4-6-8-13;1-8-7-10(13)16-11(14-8)17-12(18)15-9-5-3-2-4-6-9/h4-8,11,25H,9-10H2,1-3H3,(H3,18,19,20,21,22,24);2-7H,1H3,(H2,14,15,16,17,18). The van der Waals surface area contributed by atoms with E-state index >= 15 is 0 Å². The summed E-state index contributed by atoms with van der Waals surface area (Å²) < 4.78 is 0. The van der Waals surface area contributed by atoms with Gasteiger partial charge in [-0.05, 0) is 58.1 Å². The van der Waals surface area contributed by atoms with Crippen LogP contribution in [-0.2, 0) is 0 Å². The Kier molecular flexibility index (Phi) is 12.6. The maximum Gasteiger partial charge on any atom is 0.376 e. The van der Waals surface area contributed by atoms with E-state index in [-0.39, 0.29) is 17.0 Å². The largest absolute Gasteiger partial charge is 0.437 e. The second kappa shape index (κ2) is 16.6. The number of likely N-dealkylation sites (N-methyl/N-ethyl adjacent to an activating group) is 1. The average molecular weight is 605 g/mol. The van der Waals surface area contributed by atoms with Gasteiger partial charge in [0.25, 0.3) is 0 Å². The van der Waals surface area contributed by atoms with Crippen LogP contribution in [0, 0.1) is 13.8 Å². The van der Waals surface area contributed by atoms with E-state index < -0.39 is 19.1 Å². The lowest BCUT2D eigenvalue weighted by molar-refractivity contribution is 0.261. The molecule has 43 heavy (non-hydrogen) atoms. The minimum atomic E-state index is -0.507. The van der Waals surface area contributed by atoms with E-state index in [0.717, 1.165) is 5.69 Å². The molecule has 0 radical (unpaired) electrons. The second-order valence-electron chi connectivity index (χ2n) is 9.30. The Balaban J connectivity index is 0.000000248. The van der Waals surface area contributed by atoms with Gasteiger partial charge in [-0.15, -0.1) is 0 Å². The van der Waals surface area contributed by atoms with E-state index in [1.54, 1.807) is 55.0 Å². The van der Waals surface area contributed by atoms with Crippen molar-refractivity contribution < 1.29 is 14.6 Å². The molecular formula is C28H34BClN10O3. The molecule has 0 saturated carbocycles. The van der Waals surface area contributed by atoms with Gasteiger partial charge in [-0.1, -0.05) is 48.0 Å². The van der Waals surface area contributed by atoms with Crippen molar-refractivity contribution >= 4 is 59.8 Å². The molecule has 15 heteroatoms. The number of carbonyl (C=O) groups is 2. The first kappa shape index (κ1) is 32.7. The Morgan fingerprint density at radius 3 is 1.77 bits per heavy atom. The SMILES string of the molecule is CB(O)N(C)CCNc1cc(C)nc(NC(=O)Nc2ccccc2)n1.Cc1cc(Cl)nc(NC(=O)Nc2ccccc2)n1. The van der Waals surface area contributed by atoms with Gasteiger partial charge < -0.3 is 25.8 Å². The van der Waals surface area contributed by atoms with Crippen LogP contribution >= 0.6 is 11.6 Å². The molecule has 2 aromatic carbocycles. The molecule has 0 aliphatic heterocycles. The Hall–Kier alpha value is -4.79. The third kappa shape index (κ3) is 12.3. The van der Waals surface area contributed by atoms with Gasteiger partial charge in [0, 0.05) is 41.9 Å². The van der Waals surface area contributed by atoms with E-state index in [2.05, 4.69) is 46.5 Å². The number of para-hydroxylation sites is 2. The number of urea groups is 2. The highest BCUT2D eigenvalue weighted by atomic mass is 35.5. The van der Waals surface area contributed by atoms with Crippen LogP contribution in [0.25, 0.3) is 0 Å². The minimum Gasteiger partial charge on any atom is -0.437 e. The number of aromatic nitrogens is 4. The van der Waals surface area contributed by atoms with Crippen molar-refractivity contribution in [2.24, 2.45) is 0 Å². The number of anilines is 5. The van der Waals surface area contributed by atoms with E-state index in [0.29, 0.717) is 36.0 Å². The van der Waals surface area contributed by atoms with Crippen molar-refractivity contribution in [1.29, 1.82) is 0 Å². The summed E-state index contributed by atoms with van der Waals surface area (Å²) in [6.45, 7) is 6.57. The summed E-state index contributed by atoms with van der Waals surface area (Å²) >= 11 is 5.77. The van der Waals surface area contributed by atoms with Crippen LogP contribution in [0.1, 0.15) is 11.4 Å². The molecule has 0 atom stereocenters. The number of benzene rings is 2. The van der Waals surface area contributed by atoms with Crippen LogP contribution in [0.5, 0.6) is 0 Å². The second-order valence-corrected chi connectivity index (χ2v) is 9.69. The Bertz CT molecular complexity index is 1460. The maximum absolute atomic E-state index is 12.0. The van der Waals surface area contributed by atoms with Gasteiger partial charge in [0.05, 0.1) is 0 Å². The number of aryl methyl sites for hydroxylation is 2. The highest BCUT2D eigenvalue weighted by molar-refractivity contribution is 6.45. The quantitative estimate of drug-likeness (QED) is 0.114. The molecule has 4 rings (SSSR count). The Morgan fingerprint density at radius 2 is 1.28 bits per heavy atom. The molecular weight excluding hydrogens is 571 g/mol. The lowest BCUT2D eigenvalue weighted by atomic mass is 9.86. The maximum atomic E-state index is 12.0. The third-order valence-corrected chi connectivity index (χ3v) is 5.79. The summed E-state index contributed by atoms with van der Waals surface area (Å²) in [4.78, 5) is 41.9. The molecule has 4 amide bonds. The van der Waals surface area contributed by atoms with Gasteiger partial charge in [-0.25, -0.2) is 24.5 Å². The zero-order chi connectivity index (χ0) is 31.2. The summed E-state index contributed by atoms with van der Waals surface area (Å²) in [5.74, 6) is 1.01. The van der Waals surface area contributed by atoms with Gasteiger partial charge in [-0.3, -0.25) is 10.6 Å². The predicted molar refractivity (Wildman–Crippen MR) is 172 cm³/mol. The van der Waals surface area contributed by atoms with Crippen molar-refractivity contribution in [3.63, 3.8) is 0 Å². The summed E-state index contributed by atoms with van der Waals surface area (Å²) in [5.41, 5.74) is 2.79. The highest BCUT2D eigenvalue weighted by Crippen LogP contribution is 2.12. The average Bonchev–Trinajstić information content (AvgIpc) is 2.93. The van der Waals surface area contributed by atoms with Crippen LogP contribution in [0.4, 0.5) is 38.7 Å². The lowest BCUT2D eigenvalue weighted by Gasteiger charge is -2.17. The zero-order valence-corrected chi connectivity index (χ0v) is 25.1. The minimum absolute atomic E-state index is 0.174. The first-order valence-electron chi connectivity index (χ1n) is 13.3. The van der Waals surface area contributed by atoms with Crippen molar-refractivity contribution in [2.45, 2.75) is 20.7 Å². The van der Waals surface area contributed by atoms with E-state index in [4.69, 9.17) is 11.6 Å². The van der Waals surface area contributed by atoms with Crippen molar-refractivity contribution in [1.82, 2.24) is 24.7 Å². The normalized spacial score (nSPS) is 10.2. The van der Waals surface area contributed by atoms with Crippen molar-refractivity contribution in [3.05, 3.63) is 89.3 Å². The summed E-state index contributed by atoms with van der Waals surface area (Å²) in [6.07, 6.45) is 0. The van der Waals surface area contributed by atoms with Gasteiger partial charge in [0.15, 0.2) is 0 Å². The Morgan fingerprint density at radius 1 is 0.791 bits per heavy atom. The topological polar surface area (TPSA) is 169 Å². The molecule has 2 aromatic heterocycles. The number of carbonyl (C=O) groups excluding carboxylic acids is 2. The van der Waals surface area contributed by atoms with Gasteiger partial charge >= 0.3 is 19.1 Å². The zero-order valence-electron chi connectivity index (χ0n) is 24.3. The smallest absolute Gasteiger partial charge is 0.376 e. The number of rotatable bonds is 9. The first-order valence-corrected chi connectivity index (χ1v) is 13.7. The van der Waals surface area contributed by atoms with Crippen molar-refractivity contribution in [2.75, 3.05) is 46.7 Å². The predicted octanol–water partition coefficient (Wildman–Crippen LogP) is 4.97. The molecule has 6 N–H and O–H groups in total. The number of nitrogens with one attached hydrogen (secondary N) is 5. The number of hydrogen-bond donors (Lipinski definition) is 6. The van der Waals surface area contributed by atoms with Crippen LogP contribution in [0.15, 0.2) is 72.8 Å². The van der Waals surface area contributed by atoms with E-state index in [9.17, 15) is 14.6 Å². The molecule has 0 fully saturated rings. The fourth-order valence-electron chi connectivity index (χ4n) is 3.42. The van der Waals surface area contributed by atoms with Crippen LogP contribution in [0.3, 0.4) is 0 Å². The lowest BCUT2D eigenvalue weighted by Crippen LogP contribution is -2.36. The molecule has 0 spiro atoms. The third-order valence-electron chi connectivity index (χ3n) is 5.60. The summed E-state index contributed by atoms with van der Waals surface area (Å²) in [7, 11) is 1.33. The monoisotopic (exact) mass is 604 g/mol. The van der Waals surface area contributed by atoms with Crippen molar-refractivity contribution in [3.8, 4) is 0 Å².